The van der Waals surface area contributed by atoms with Crippen LogP contribution in [0.1, 0.15) is 32.6 Å². The van der Waals surface area contributed by atoms with Crippen LogP contribution in [-0.4, -0.2) is 49.4 Å². The van der Waals surface area contributed by atoms with Crippen LogP contribution in [0.25, 0.3) is 0 Å². The molecule has 0 aromatic heterocycles. The Morgan fingerprint density at radius 2 is 2.18 bits per heavy atom. The Balaban J connectivity index is 2.33. The lowest BCUT2D eigenvalue weighted by Gasteiger charge is -2.24. The van der Waals surface area contributed by atoms with Crippen molar-refractivity contribution in [2.24, 2.45) is 0 Å². The second kappa shape index (κ2) is 7.27. The van der Waals surface area contributed by atoms with Crippen molar-refractivity contribution in [2.45, 2.75) is 38.6 Å². The van der Waals surface area contributed by atoms with Gasteiger partial charge in [0.05, 0.1) is 6.54 Å². The van der Waals surface area contributed by atoms with Gasteiger partial charge in [-0.2, -0.15) is 0 Å². The highest BCUT2D eigenvalue weighted by Gasteiger charge is 2.27. The summed E-state index contributed by atoms with van der Waals surface area (Å²) < 4.78 is 0. The van der Waals surface area contributed by atoms with E-state index in [1.54, 1.807) is 0 Å². The number of amides is 2. The second-order valence-electron chi connectivity index (χ2n) is 4.47. The Labute approximate surface area is 103 Å². The average Bonchev–Trinajstić information content (AvgIpc) is 2.75. The van der Waals surface area contributed by atoms with Crippen molar-refractivity contribution in [1.82, 2.24) is 15.5 Å². The maximum Gasteiger partial charge on any atom is 0.242 e. The third-order valence-electron chi connectivity index (χ3n) is 3.05. The van der Waals surface area contributed by atoms with E-state index in [0.717, 1.165) is 32.4 Å². The molecule has 1 rings (SSSR count). The van der Waals surface area contributed by atoms with Gasteiger partial charge in [-0.25, -0.2) is 0 Å². The molecular formula is C12H23N3O2. The summed E-state index contributed by atoms with van der Waals surface area (Å²) in [5.41, 5.74) is 0. The molecule has 1 heterocycles. The smallest absolute Gasteiger partial charge is 0.242 e. The molecule has 0 aliphatic carbocycles. The highest BCUT2D eigenvalue weighted by molar-refractivity contribution is 5.85. The van der Waals surface area contributed by atoms with Crippen molar-refractivity contribution in [1.29, 1.82) is 0 Å². The van der Waals surface area contributed by atoms with E-state index < -0.39 is 0 Å². The van der Waals surface area contributed by atoms with Gasteiger partial charge in [0.25, 0.3) is 0 Å². The summed E-state index contributed by atoms with van der Waals surface area (Å²) >= 11 is 0. The van der Waals surface area contributed by atoms with E-state index in [9.17, 15) is 9.59 Å². The molecule has 2 amide bonds. The topological polar surface area (TPSA) is 61.4 Å². The molecule has 0 aromatic carbocycles. The van der Waals surface area contributed by atoms with Crippen LogP contribution in [0.2, 0.25) is 0 Å². The van der Waals surface area contributed by atoms with Crippen LogP contribution < -0.4 is 10.6 Å². The lowest BCUT2D eigenvalue weighted by Crippen LogP contribution is -2.45. The Morgan fingerprint density at radius 1 is 1.41 bits per heavy atom. The Kier molecular flexibility index (Phi) is 5.97. The van der Waals surface area contributed by atoms with Crippen molar-refractivity contribution >= 4 is 11.8 Å². The third kappa shape index (κ3) is 4.34. The van der Waals surface area contributed by atoms with E-state index in [1.165, 1.54) is 0 Å². The molecule has 1 fully saturated rings. The van der Waals surface area contributed by atoms with Crippen LogP contribution in [-0.2, 0) is 9.59 Å². The number of carbonyl (C=O) groups excluding carboxylic acids is 2. The minimum atomic E-state index is -0.0368. The van der Waals surface area contributed by atoms with E-state index >= 15 is 0 Å². The first-order valence-corrected chi connectivity index (χ1v) is 6.39. The quantitative estimate of drug-likeness (QED) is 0.694. The molecular weight excluding hydrogens is 218 g/mol. The minimum absolute atomic E-state index is 0.0344. The van der Waals surface area contributed by atoms with E-state index in [0.29, 0.717) is 6.42 Å². The summed E-state index contributed by atoms with van der Waals surface area (Å²) in [6, 6.07) is 0.288. The molecule has 17 heavy (non-hydrogen) atoms. The first kappa shape index (κ1) is 14.0. The number of hydrogen-bond donors (Lipinski definition) is 2. The first-order valence-electron chi connectivity index (χ1n) is 6.39. The predicted molar refractivity (Wildman–Crippen MR) is 66.6 cm³/mol. The highest BCUT2D eigenvalue weighted by Crippen LogP contribution is 2.16. The number of carbonyl (C=O) groups is 2. The summed E-state index contributed by atoms with van der Waals surface area (Å²) in [6.07, 6.45) is 3.41. The summed E-state index contributed by atoms with van der Waals surface area (Å²) in [4.78, 5) is 25.1. The molecule has 5 nitrogen and oxygen atoms in total. The van der Waals surface area contributed by atoms with Gasteiger partial charge < -0.3 is 15.5 Å². The number of likely N-dealkylation sites (tertiary alicyclic amines) is 1. The number of likely N-dealkylation sites (N-methyl/N-ethyl adjacent to an activating group) is 1. The van der Waals surface area contributed by atoms with Crippen molar-refractivity contribution in [3.63, 3.8) is 0 Å². The number of nitrogens with one attached hydrogen (secondary N) is 2. The Morgan fingerprint density at radius 3 is 2.82 bits per heavy atom. The summed E-state index contributed by atoms with van der Waals surface area (Å²) in [5.74, 6) is -0.00239. The SMILES string of the molecule is CCCC(=O)NCC(=O)N1CCCC1CNC. The van der Waals surface area contributed by atoms with Crippen molar-refractivity contribution < 1.29 is 9.59 Å². The molecule has 5 heteroatoms. The lowest BCUT2D eigenvalue weighted by atomic mass is 10.2. The van der Waals surface area contributed by atoms with Crippen LogP contribution in [0.3, 0.4) is 0 Å². The maximum atomic E-state index is 11.9. The number of nitrogens with zero attached hydrogens (tertiary/aromatic N) is 1. The normalized spacial score (nSPS) is 19.4. The van der Waals surface area contributed by atoms with Gasteiger partial charge in [0.1, 0.15) is 0 Å². The molecule has 0 bridgehead atoms. The van der Waals surface area contributed by atoms with Crippen LogP contribution in [0.15, 0.2) is 0 Å². The zero-order valence-electron chi connectivity index (χ0n) is 10.8. The molecule has 1 atom stereocenters. The fraction of sp³-hybridized carbons (Fsp3) is 0.833. The van der Waals surface area contributed by atoms with Gasteiger partial charge in [-0.05, 0) is 26.3 Å². The van der Waals surface area contributed by atoms with Gasteiger partial charge in [-0.15, -0.1) is 0 Å². The van der Waals surface area contributed by atoms with Crippen molar-refractivity contribution in [3.05, 3.63) is 0 Å². The fourth-order valence-electron chi connectivity index (χ4n) is 2.20. The zero-order valence-corrected chi connectivity index (χ0v) is 10.8. The highest BCUT2D eigenvalue weighted by atomic mass is 16.2. The van der Waals surface area contributed by atoms with Crippen LogP contribution in [0, 0.1) is 0 Å². The fourth-order valence-corrected chi connectivity index (χ4v) is 2.20. The van der Waals surface area contributed by atoms with E-state index in [-0.39, 0.29) is 24.4 Å². The van der Waals surface area contributed by atoms with Gasteiger partial charge in [0.15, 0.2) is 0 Å². The summed E-state index contributed by atoms with van der Waals surface area (Å²) in [5, 5.41) is 5.77. The largest absolute Gasteiger partial charge is 0.347 e. The lowest BCUT2D eigenvalue weighted by molar-refractivity contribution is -0.133. The molecule has 1 aliphatic heterocycles. The van der Waals surface area contributed by atoms with Crippen LogP contribution >= 0.6 is 0 Å². The summed E-state index contributed by atoms with van der Waals surface area (Å²) in [6.45, 7) is 3.73. The van der Waals surface area contributed by atoms with Gasteiger partial charge in [-0.1, -0.05) is 6.92 Å². The van der Waals surface area contributed by atoms with Crippen molar-refractivity contribution in [2.75, 3.05) is 26.7 Å². The van der Waals surface area contributed by atoms with Gasteiger partial charge in [-0.3, -0.25) is 9.59 Å². The molecule has 0 radical (unpaired) electrons. The molecule has 1 unspecified atom stereocenters. The van der Waals surface area contributed by atoms with E-state index in [2.05, 4.69) is 10.6 Å². The Bertz CT molecular complexity index is 268. The molecule has 2 N–H and O–H groups in total. The minimum Gasteiger partial charge on any atom is -0.347 e. The van der Waals surface area contributed by atoms with Crippen LogP contribution in [0.4, 0.5) is 0 Å². The monoisotopic (exact) mass is 241 g/mol. The Hall–Kier alpha value is -1.10. The van der Waals surface area contributed by atoms with Gasteiger partial charge in [0.2, 0.25) is 11.8 Å². The molecule has 0 aromatic rings. The molecule has 1 aliphatic rings. The molecule has 1 saturated heterocycles. The average molecular weight is 241 g/mol. The van der Waals surface area contributed by atoms with Gasteiger partial charge in [0, 0.05) is 25.6 Å². The zero-order chi connectivity index (χ0) is 12.7. The second-order valence-corrected chi connectivity index (χ2v) is 4.47. The third-order valence-corrected chi connectivity index (χ3v) is 3.05. The van der Waals surface area contributed by atoms with Crippen LogP contribution in [0.5, 0.6) is 0 Å². The predicted octanol–water partition coefficient (Wildman–Crippen LogP) is 0.113. The van der Waals surface area contributed by atoms with Gasteiger partial charge >= 0.3 is 0 Å². The first-order chi connectivity index (χ1) is 8.19. The van der Waals surface area contributed by atoms with Crippen molar-refractivity contribution in [3.8, 4) is 0 Å². The molecule has 0 spiro atoms. The number of hydrogen-bond acceptors (Lipinski definition) is 3. The van der Waals surface area contributed by atoms with E-state index in [1.807, 2.05) is 18.9 Å². The standard InChI is InChI=1S/C12H23N3O2/c1-3-5-11(16)14-9-12(17)15-7-4-6-10(15)8-13-2/h10,13H,3-9H2,1-2H3,(H,14,16). The molecule has 0 saturated carbocycles. The summed E-state index contributed by atoms with van der Waals surface area (Å²) in [7, 11) is 1.89. The molecule has 98 valence electrons. The van der Waals surface area contributed by atoms with E-state index in [4.69, 9.17) is 0 Å². The number of rotatable bonds is 6. The maximum absolute atomic E-state index is 11.9.